The van der Waals surface area contributed by atoms with E-state index in [9.17, 15) is 0 Å². The summed E-state index contributed by atoms with van der Waals surface area (Å²) >= 11 is 5.26. The molecule has 0 atom stereocenters. The van der Waals surface area contributed by atoms with Crippen LogP contribution in [-0.2, 0) is 6.54 Å². The van der Waals surface area contributed by atoms with Crippen LogP contribution in [-0.4, -0.2) is 25.0 Å². The molecule has 0 aliphatic rings. The summed E-state index contributed by atoms with van der Waals surface area (Å²) in [6, 6.07) is 2.21. The molecule has 2 N–H and O–H groups in total. The number of hydrogen-bond acceptors (Lipinski definition) is 3. The highest BCUT2D eigenvalue weighted by Gasteiger charge is 2.16. The molecule has 0 unspecified atom stereocenters. The number of nitrogens with two attached hydrogens (primary N) is 1. The molecule has 0 aliphatic carbocycles. The van der Waals surface area contributed by atoms with Crippen LogP contribution < -0.4 is 5.73 Å². The van der Waals surface area contributed by atoms with E-state index >= 15 is 0 Å². The maximum Gasteiger partial charge on any atom is 0.0701 e. The fourth-order valence-corrected chi connectivity index (χ4v) is 3.36. The topological polar surface area (TPSA) is 29.3 Å². The van der Waals surface area contributed by atoms with Crippen molar-refractivity contribution in [3.8, 4) is 0 Å². The zero-order chi connectivity index (χ0) is 13.6. The summed E-state index contributed by atoms with van der Waals surface area (Å²) in [6.07, 6.45) is 3.62. The van der Waals surface area contributed by atoms with E-state index in [0.717, 1.165) is 26.1 Å². The summed E-state index contributed by atoms with van der Waals surface area (Å²) in [7, 11) is 2.20. The lowest BCUT2D eigenvalue weighted by Gasteiger charge is -2.25. The van der Waals surface area contributed by atoms with Gasteiger partial charge in [0.15, 0.2) is 0 Å². The Kier molecular flexibility index (Phi) is 6.85. The molecule has 0 aromatic carbocycles. The lowest BCUT2D eigenvalue weighted by Crippen LogP contribution is -2.22. The third-order valence-electron chi connectivity index (χ3n) is 3.29. The SMILES string of the molecule is CN(CCCC(C)(C)CCN)Cc1csc(Br)c1. The van der Waals surface area contributed by atoms with Gasteiger partial charge in [-0.2, -0.15) is 0 Å². The van der Waals surface area contributed by atoms with E-state index in [2.05, 4.69) is 53.2 Å². The quantitative estimate of drug-likeness (QED) is 0.776. The number of thiophene rings is 1. The third kappa shape index (κ3) is 6.32. The van der Waals surface area contributed by atoms with E-state index in [1.165, 1.54) is 22.2 Å². The molecule has 0 bridgehead atoms. The summed E-state index contributed by atoms with van der Waals surface area (Å²) in [5, 5.41) is 2.22. The Morgan fingerprint density at radius 3 is 2.67 bits per heavy atom. The van der Waals surface area contributed by atoms with Gasteiger partial charge in [-0.25, -0.2) is 0 Å². The van der Waals surface area contributed by atoms with Gasteiger partial charge in [-0.3, -0.25) is 0 Å². The predicted molar refractivity (Wildman–Crippen MR) is 85.0 cm³/mol. The Labute approximate surface area is 124 Å². The van der Waals surface area contributed by atoms with Gasteiger partial charge >= 0.3 is 0 Å². The van der Waals surface area contributed by atoms with Crippen LogP contribution in [0.2, 0.25) is 0 Å². The highest BCUT2D eigenvalue weighted by Crippen LogP contribution is 2.26. The van der Waals surface area contributed by atoms with Crippen molar-refractivity contribution in [1.82, 2.24) is 4.90 Å². The molecule has 0 amide bonds. The first-order chi connectivity index (χ1) is 8.43. The second-order valence-corrected chi connectivity index (χ2v) is 8.09. The van der Waals surface area contributed by atoms with Gasteiger partial charge < -0.3 is 10.6 Å². The van der Waals surface area contributed by atoms with Crippen molar-refractivity contribution in [1.29, 1.82) is 0 Å². The van der Waals surface area contributed by atoms with Gasteiger partial charge in [-0.1, -0.05) is 13.8 Å². The van der Waals surface area contributed by atoms with Gasteiger partial charge in [0.2, 0.25) is 0 Å². The first-order valence-corrected chi connectivity index (χ1v) is 8.22. The van der Waals surface area contributed by atoms with E-state index in [1.807, 2.05) is 0 Å². The van der Waals surface area contributed by atoms with E-state index < -0.39 is 0 Å². The van der Waals surface area contributed by atoms with Gasteiger partial charge in [0.05, 0.1) is 3.79 Å². The first kappa shape index (κ1) is 16.2. The highest BCUT2D eigenvalue weighted by molar-refractivity contribution is 9.11. The first-order valence-electron chi connectivity index (χ1n) is 6.54. The van der Waals surface area contributed by atoms with Crippen molar-refractivity contribution in [2.45, 2.75) is 39.7 Å². The molecule has 0 radical (unpaired) electrons. The second-order valence-electron chi connectivity index (χ2n) is 5.80. The summed E-state index contributed by atoms with van der Waals surface area (Å²) in [5.41, 5.74) is 7.43. The smallest absolute Gasteiger partial charge is 0.0701 e. The molecule has 0 aliphatic heterocycles. The number of hydrogen-bond donors (Lipinski definition) is 1. The number of nitrogens with zero attached hydrogens (tertiary/aromatic N) is 1. The third-order valence-corrected chi connectivity index (χ3v) is 4.84. The van der Waals surface area contributed by atoms with Crippen LogP contribution in [0.25, 0.3) is 0 Å². The Bertz CT molecular complexity index is 349. The largest absolute Gasteiger partial charge is 0.330 e. The molecule has 104 valence electrons. The average molecular weight is 333 g/mol. The average Bonchev–Trinajstić information content (AvgIpc) is 2.63. The monoisotopic (exact) mass is 332 g/mol. The molecule has 0 saturated heterocycles. The van der Waals surface area contributed by atoms with Crippen LogP contribution >= 0.6 is 27.3 Å². The maximum atomic E-state index is 5.64. The molecule has 1 aromatic rings. The minimum Gasteiger partial charge on any atom is -0.330 e. The molecule has 4 heteroatoms. The van der Waals surface area contributed by atoms with E-state index in [1.54, 1.807) is 11.3 Å². The molecule has 1 heterocycles. The van der Waals surface area contributed by atoms with Gasteiger partial charge in [0.1, 0.15) is 0 Å². The minimum absolute atomic E-state index is 0.390. The Morgan fingerprint density at radius 1 is 1.39 bits per heavy atom. The molecule has 2 nitrogen and oxygen atoms in total. The molecular formula is C14H25BrN2S. The van der Waals surface area contributed by atoms with Crippen LogP contribution in [0.15, 0.2) is 15.2 Å². The van der Waals surface area contributed by atoms with Crippen molar-refractivity contribution >= 4 is 27.3 Å². The Hall–Kier alpha value is 0.100. The standard InChI is InChI=1S/C14H25BrN2S/c1-14(2,6-7-16)5-4-8-17(3)10-12-9-13(15)18-11-12/h9,11H,4-8,10,16H2,1-3H3. The zero-order valence-corrected chi connectivity index (χ0v) is 14.1. The molecule has 1 rings (SSSR count). The second kappa shape index (κ2) is 7.63. The summed E-state index contributed by atoms with van der Waals surface area (Å²) in [4.78, 5) is 2.40. The van der Waals surface area contributed by atoms with Crippen molar-refractivity contribution in [2.75, 3.05) is 20.1 Å². The molecule has 18 heavy (non-hydrogen) atoms. The number of rotatable bonds is 8. The summed E-state index contributed by atoms with van der Waals surface area (Å²) in [5.74, 6) is 0. The fourth-order valence-electron chi connectivity index (χ4n) is 2.16. The van der Waals surface area contributed by atoms with Crippen molar-refractivity contribution in [2.24, 2.45) is 11.1 Å². The molecule has 0 saturated carbocycles. The van der Waals surface area contributed by atoms with Gasteiger partial charge in [-0.05, 0) is 77.8 Å². The van der Waals surface area contributed by atoms with Crippen LogP contribution in [0.3, 0.4) is 0 Å². The van der Waals surface area contributed by atoms with E-state index in [-0.39, 0.29) is 0 Å². The normalized spacial score (nSPS) is 12.3. The van der Waals surface area contributed by atoms with Crippen molar-refractivity contribution < 1.29 is 0 Å². The zero-order valence-electron chi connectivity index (χ0n) is 11.7. The van der Waals surface area contributed by atoms with Gasteiger partial charge in [-0.15, -0.1) is 11.3 Å². The maximum absolute atomic E-state index is 5.64. The van der Waals surface area contributed by atoms with Crippen molar-refractivity contribution in [3.63, 3.8) is 0 Å². The van der Waals surface area contributed by atoms with E-state index in [0.29, 0.717) is 5.41 Å². The van der Waals surface area contributed by atoms with Crippen LogP contribution in [0.4, 0.5) is 0 Å². The Balaban J connectivity index is 2.23. The lowest BCUT2D eigenvalue weighted by atomic mass is 9.84. The molecule has 1 aromatic heterocycles. The fraction of sp³-hybridized carbons (Fsp3) is 0.714. The van der Waals surface area contributed by atoms with E-state index in [4.69, 9.17) is 5.73 Å². The van der Waals surface area contributed by atoms with Crippen molar-refractivity contribution in [3.05, 3.63) is 20.8 Å². The molecule has 0 fully saturated rings. The van der Waals surface area contributed by atoms with Gasteiger partial charge in [0.25, 0.3) is 0 Å². The molecular weight excluding hydrogens is 308 g/mol. The summed E-state index contributed by atoms with van der Waals surface area (Å²) in [6.45, 7) is 7.62. The minimum atomic E-state index is 0.390. The highest BCUT2D eigenvalue weighted by atomic mass is 79.9. The lowest BCUT2D eigenvalue weighted by molar-refractivity contribution is 0.259. The number of halogens is 1. The van der Waals surface area contributed by atoms with Gasteiger partial charge in [0, 0.05) is 6.54 Å². The molecule has 0 spiro atoms. The predicted octanol–water partition coefficient (Wildman–Crippen LogP) is 4.10. The van der Waals surface area contributed by atoms with Crippen LogP contribution in [0.1, 0.15) is 38.7 Å². The van der Waals surface area contributed by atoms with Crippen LogP contribution in [0, 0.1) is 5.41 Å². The van der Waals surface area contributed by atoms with Crippen LogP contribution in [0.5, 0.6) is 0 Å². The summed E-state index contributed by atoms with van der Waals surface area (Å²) < 4.78 is 1.22. The Morgan fingerprint density at radius 2 is 2.11 bits per heavy atom.